The van der Waals surface area contributed by atoms with Gasteiger partial charge in [-0.15, -0.1) is 0 Å². The normalized spacial score (nSPS) is 17.3. The first-order valence-electron chi connectivity index (χ1n) is 8.32. The van der Waals surface area contributed by atoms with Gasteiger partial charge >= 0.3 is 0 Å². The van der Waals surface area contributed by atoms with Crippen LogP contribution < -0.4 is 4.90 Å². The molecule has 0 N–H and O–H groups in total. The third-order valence-corrected chi connectivity index (χ3v) is 4.59. The van der Waals surface area contributed by atoms with Crippen molar-refractivity contribution in [1.29, 1.82) is 0 Å². The number of benzene rings is 2. The molecule has 2 aromatic carbocycles. The molecule has 3 rings (SSSR count). The van der Waals surface area contributed by atoms with Gasteiger partial charge in [-0.1, -0.05) is 17.7 Å². The number of hydrogen-bond acceptors (Lipinski definition) is 4. The smallest absolute Gasteiger partial charge is 0.269 e. The Morgan fingerprint density at radius 3 is 2.27 bits per heavy atom. The molecule has 0 aliphatic carbocycles. The lowest BCUT2D eigenvalue weighted by Crippen LogP contribution is -2.57. The average Bonchev–Trinajstić information content (AvgIpc) is 2.64. The predicted molar refractivity (Wildman–Crippen MR) is 97.1 cm³/mol. The predicted octanol–water partition coefficient (Wildman–Crippen LogP) is 2.78. The van der Waals surface area contributed by atoms with Crippen LogP contribution in [0.25, 0.3) is 0 Å². The minimum Gasteiger partial charge on any atom is -0.325 e. The van der Waals surface area contributed by atoms with Gasteiger partial charge in [0.25, 0.3) is 11.6 Å². The van der Waals surface area contributed by atoms with Gasteiger partial charge in [0.05, 0.1) is 4.92 Å². The highest BCUT2D eigenvalue weighted by Gasteiger charge is 2.35. The zero-order chi connectivity index (χ0) is 18.8. The molecule has 7 heteroatoms. The molecule has 7 nitrogen and oxygen atoms in total. The Morgan fingerprint density at radius 1 is 1.08 bits per heavy atom. The summed E-state index contributed by atoms with van der Waals surface area (Å²) in [4.78, 5) is 38.9. The van der Waals surface area contributed by atoms with E-state index in [1.165, 1.54) is 12.1 Å². The second-order valence-corrected chi connectivity index (χ2v) is 6.30. The van der Waals surface area contributed by atoms with Crippen molar-refractivity contribution in [3.8, 4) is 0 Å². The molecule has 1 aliphatic heterocycles. The number of piperazine rings is 1. The Morgan fingerprint density at radius 2 is 1.69 bits per heavy atom. The van der Waals surface area contributed by atoms with Gasteiger partial charge in [0.2, 0.25) is 5.91 Å². The van der Waals surface area contributed by atoms with E-state index in [1.54, 1.807) is 41.0 Å². The molecule has 0 saturated carbocycles. The first-order valence-corrected chi connectivity index (χ1v) is 8.32. The van der Waals surface area contributed by atoms with Crippen LogP contribution in [-0.2, 0) is 4.79 Å². The van der Waals surface area contributed by atoms with E-state index >= 15 is 0 Å². The summed E-state index contributed by atoms with van der Waals surface area (Å²) in [5, 5.41) is 10.8. The van der Waals surface area contributed by atoms with Crippen LogP contribution >= 0.6 is 0 Å². The molecule has 1 aliphatic rings. The summed E-state index contributed by atoms with van der Waals surface area (Å²) in [5.74, 6) is -0.375. The summed E-state index contributed by atoms with van der Waals surface area (Å²) in [6.07, 6.45) is 0. The van der Waals surface area contributed by atoms with Crippen molar-refractivity contribution in [2.24, 2.45) is 0 Å². The fourth-order valence-corrected chi connectivity index (χ4v) is 3.02. The molecule has 0 radical (unpaired) electrons. The number of rotatable bonds is 3. The summed E-state index contributed by atoms with van der Waals surface area (Å²) in [5.41, 5.74) is 2.19. The molecule has 26 heavy (non-hydrogen) atoms. The van der Waals surface area contributed by atoms with Gasteiger partial charge in [-0.25, -0.2) is 0 Å². The second-order valence-electron chi connectivity index (χ2n) is 6.30. The molecule has 1 atom stereocenters. The van der Waals surface area contributed by atoms with Crippen molar-refractivity contribution >= 4 is 23.2 Å². The molecule has 134 valence electrons. The molecule has 0 aromatic heterocycles. The molecule has 1 fully saturated rings. The number of non-ortho nitro benzene ring substituents is 1. The SMILES string of the molecule is Cc1ccc(C(=O)N2CCN(c3ccc([N+](=O)[O-])cc3)C(=O)[C@@H]2C)cc1. The van der Waals surface area contributed by atoms with E-state index in [1.807, 2.05) is 19.1 Å². The van der Waals surface area contributed by atoms with E-state index in [0.717, 1.165) is 5.56 Å². The van der Waals surface area contributed by atoms with Crippen LogP contribution in [0.2, 0.25) is 0 Å². The number of nitro benzene ring substituents is 1. The Kier molecular flexibility index (Phi) is 4.71. The highest BCUT2D eigenvalue weighted by atomic mass is 16.6. The van der Waals surface area contributed by atoms with Crippen molar-refractivity contribution in [3.05, 3.63) is 69.8 Å². The zero-order valence-electron chi connectivity index (χ0n) is 14.6. The Balaban J connectivity index is 1.76. The quantitative estimate of drug-likeness (QED) is 0.627. The minimum atomic E-state index is -0.604. The van der Waals surface area contributed by atoms with Gasteiger partial charge < -0.3 is 9.80 Å². The number of nitrogens with zero attached hydrogens (tertiary/aromatic N) is 3. The number of hydrogen-bond donors (Lipinski definition) is 0. The summed E-state index contributed by atoms with van der Waals surface area (Å²) < 4.78 is 0. The van der Waals surface area contributed by atoms with Crippen LogP contribution in [0.4, 0.5) is 11.4 Å². The summed E-state index contributed by atoms with van der Waals surface area (Å²) in [6.45, 7) is 4.39. The number of carbonyl (C=O) groups excluding carboxylic acids is 2. The Bertz CT molecular complexity index is 846. The van der Waals surface area contributed by atoms with E-state index in [2.05, 4.69) is 0 Å². The van der Waals surface area contributed by atoms with Gasteiger partial charge in [-0.05, 0) is 38.1 Å². The van der Waals surface area contributed by atoms with Crippen molar-refractivity contribution in [3.63, 3.8) is 0 Å². The van der Waals surface area contributed by atoms with Gasteiger partial charge in [0.15, 0.2) is 0 Å². The van der Waals surface area contributed by atoms with Gasteiger partial charge in [-0.3, -0.25) is 19.7 Å². The van der Waals surface area contributed by atoms with Crippen LogP contribution in [0.5, 0.6) is 0 Å². The Hall–Kier alpha value is -3.22. The molecular formula is C19H19N3O4. The molecule has 0 bridgehead atoms. The van der Waals surface area contributed by atoms with Crippen LogP contribution in [0, 0.1) is 17.0 Å². The maximum atomic E-state index is 12.7. The van der Waals surface area contributed by atoms with Crippen LogP contribution in [0.3, 0.4) is 0 Å². The lowest BCUT2D eigenvalue weighted by atomic mass is 10.1. The van der Waals surface area contributed by atoms with Crippen molar-refractivity contribution in [2.45, 2.75) is 19.9 Å². The molecule has 0 spiro atoms. The molecule has 1 saturated heterocycles. The van der Waals surface area contributed by atoms with Crippen molar-refractivity contribution in [1.82, 2.24) is 4.90 Å². The number of anilines is 1. The van der Waals surface area contributed by atoms with Gasteiger partial charge in [0, 0.05) is 36.5 Å². The van der Waals surface area contributed by atoms with E-state index in [-0.39, 0.29) is 17.5 Å². The number of nitro groups is 1. The standard InChI is InChI=1S/C19H19N3O4/c1-13-3-5-15(6-4-13)19(24)20-11-12-21(18(23)14(20)2)16-7-9-17(10-8-16)22(25)26/h3-10,14H,11-12H2,1-2H3/t14-/m0/s1. The maximum absolute atomic E-state index is 12.7. The molecule has 2 amide bonds. The first-order chi connectivity index (χ1) is 12.4. The Labute approximate surface area is 151 Å². The van der Waals surface area contributed by atoms with E-state index in [9.17, 15) is 19.7 Å². The molecule has 2 aromatic rings. The number of aryl methyl sites for hydroxylation is 1. The highest BCUT2D eigenvalue weighted by molar-refractivity contribution is 6.03. The van der Waals surface area contributed by atoms with Crippen LogP contribution in [0.1, 0.15) is 22.8 Å². The second kappa shape index (κ2) is 6.95. The minimum absolute atomic E-state index is 0.0255. The highest BCUT2D eigenvalue weighted by Crippen LogP contribution is 2.24. The van der Waals surface area contributed by atoms with E-state index in [0.29, 0.717) is 24.3 Å². The monoisotopic (exact) mass is 353 g/mol. The number of carbonyl (C=O) groups is 2. The van der Waals surface area contributed by atoms with Crippen LogP contribution in [-0.4, -0.2) is 40.8 Å². The first kappa shape index (κ1) is 17.6. The summed E-state index contributed by atoms with van der Waals surface area (Å²) in [6, 6.07) is 12.5. The maximum Gasteiger partial charge on any atom is 0.269 e. The third-order valence-electron chi connectivity index (χ3n) is 4.59. The van der Waals surface area contributed by atoms with E-state index < -0.39 is 11.0 Å². The zero-order valence-corrected chi connectivity index (χ0v) is 14.6. The molecule has 1 heterocycles. The van der Waals surface area contributed by atoms with E-state index in [4.69, 9.17) is 0 Å². The third kappa shape index (κ3) is 3.28. The summed E-state index contributed by atoms with van der Waals surface area (Å²) >= 11 is 0. The van der Waals surface area contributed by atoms with Crippen molar-refractivity contribution in [2.75, 3.05) is 18.0 Å². The van der Waals surface area contributed by atoms with Crippen LogP contribution in [0.15, 0.2) is 48.5 Å². The van der Waals surface area contributed by atoms with Gasteiger partial charge in [-0.2, -0.15) is 0 Å². The summed E-state index contributed by atoms with van der Waals surface area (Å²) in [7, 11) is 0. The average molecular weight is 353 g/mol. The molecular weight excluding hydrogens is 334 g/mol. The van der Waals surface area contributed by atoms with Gasteiger partial charge in [0.1, 0.15) is 6.04 Å². The number of amides is 2. The van der Waals surface area contributed by atoms with Crippen molar-refractivity contribution < 1.29 is 14.5 Å². The molecule has 0 unspecified atom stereocenters. The fraction of sp³-hybridized carbons (Fsp3) is 0.263. The largest absolute Gasteiger partial charge is 0.325 e. The lowest BCUT2D eigenvalue weighted by molar-refractivity contribution is -0.384. The lowest BCUT2D eigenvalue weighted by Gasteiger charge is -2.39. The fourth-order valence-electron chi connectivity index (χ4n) is 3.02. The topological polar surface area (TPSA) is 83.8 Å².